The average molecular weight is 156 g/mol. The second-order valence-corrected chi connectivity index (χ2v) is 3.16. The molecular formula is C8H17BO2. The second-order valence-electron chi connectivity index (χ2n) is 3.16. The third-order valence-electron chi connectivity index (χ3n) is 1.91. The van der Waals surface area contributed by atoms with Gasteiger partial charge in [-0.25, -0.2) is 0 Å². The minimum absolute atomic E-state index is 0.0677. The molecule has 0 aromatic carbocycles. The lowest BCUT2D eigenvalue weighted by molar-refractivity contribution is -0.140. The molecule has 0 fully saturated rings. The van der Waals surface area contributed by atoms with Crippen molar-refractivity contribution in [3.05, 3.63) is 0 Å². The lowest BCUT2D eigenvalue weighted by Crippen LogP contribution is -2.21. The summed E-state index contributed by atoms with van der Waals surface area (Å²) in [6.07, 6.45) is 1.97. The van der Waals surface area contributed by atoms with Crippen molar-refractivity contribution in [1.82, 2.24) is 0 Å². The van der Waals surface area contributed by atoms with Crippen LogP contribution in [0, 0.1) is 11.8 Å². The van der Waals surface area contributed by atoms with Gasteiger partial charge in [0, 0.05) is 0 Å². The molecule has 0 spiro atoms. The van der Waals surface area contributed by atoms with E-state index in [1.165, 1.54) is 8.05 Å². The Labute approximate surface area is 69.8 Å². The Balaban J connectivity index is 3.98. The van der Waals surface area contributed by atoms with E-state index in [1.54, 1.807) is 0 Å². The molecule has 64 valence electrons. The van der Waals surface area contributed by atoms with E-state index in [1.807, 2.05) is 0 Å². The summed E-state index contributed by atoms with van der Waals surface area (Å²) >= 11 is 0. The molecule has 0 aromatic heterocycles. The molecule has 3 heteroatoms. The Morgan fingerprint density at radius 2 is 2.09 bits per heavy atom. The van der Waals surface area contributed by atoms with E-state index in [2.05, 4.69) is 25.4 Å². The predicted octanol–water partition coefficient (Wildman–Crippen LogP) is 1.15. The van der Waals surface area contributed by atoms with Crippen LogP contribution in [-0.4, -0.2) is 14.0 Å². The van der Waals surface area contributed by atoms with Crippen LogP contribution in [0.2, 0.25) is 0 Å². The summed E-state index contributed by atoms with van der Waals surface area (Å²) in [7, 11) is 1.45. The highest BCUT2D eigenvalue weighted by molar-refractivity contribution is 6.05. The summed E-state index contributed by atoms with van der Waals surface area (Å²) in [6.45, 7) is 6.19. The molecule has 0 aromatic rings. The maximum Gasteiger partial charge on any atom is 0.325 e. The van der Waals surface area contributed by atoms with E-state index in [-0.39, 0.29) is 11.9 Å². The van der Waals surface area contributed by atoms with Crippen molar-refractivity contribution in [2.24, 2.45) is 11.8 Å². The Kier molecular flexibility index (Phi) is 5.00. The third kappa shape index (κ3) is 3.45. The van der Waals surface area contributed by atoms with Gasteiger partial charge in [0.05, 0.1) is 5.92 Å². The molecule has 0 amide bonds. The van der Waals surface area contributed by atoms with Crippen LogP contribution in [0.5, 0.6) is 0 Å². The van der Waals surface area contributed by atoms with Crippen molar-refractivity contribution in [2.75, 3.05) is 0 Å². The Bertz CT molecular complexity index is 123. The van der Waals surface area contributed by atoms with Crippen LogP contribution >= 0.6 is 0 Å². The van der Waals surface area contributed by atoms with Gasteiger partial charge in [0.25, 0.3) is 5.97 Å². The van der Waals surface area contributed by atoms with Gasteiger partial charge in [-0.2, -0.15) is 0 Å². The number of hydrogen-bond acceptors (Lipinski definition) is 2. The Morgan fingerprint density at radius 1 is 1.55 bits per heavy atom. The predicted molar refractivity (Wildman–Crippen MR) is 47.9 cm³/mol. The molecule has 2 nitrogen and oxygen atoms in total. The molecule has 0 bridgehead atoms. The van der Waals surface area contributed by atoms with E-state index in [4.69, 9.17) is 0 Å². The summed E-state index contributed by atoms with van der Waals surface area (Å²) in [4.78, 5) is 11.1. The number of carbonyl (C=O) groups excluding carboxylic acids is 1. The number of rotatable bonds is 4. The zero-order valence-electron chi connectivity index (χ0n) is 7.89. The summed E-state index contributed by atoms with van der Waals surface area (Å²) in [5, 5.41) is 0. The van der Waals surface area contributed by atoms with Gasteiger partial charge in [0.15, 0.2) is 0 Å². The van der Waals surface area contributed by atoms with Gasteiger partial charge in [-0.05, 0) is 12.3 Å². The average Bonchev–Trinajstić information content (AvgIpc) is 1.98. The largest absolute Gasteiger partial charge is 0.543 e. The fourth-order valence-corrected chi connectivity index (χ4v) is 1.19. The minimum atomic E-state index is -0.0677. The van der Waals surface area contributed by atoms with E-state index >= 15 is 0 Å². The summed E-state index contributed by atoms with van der Waals surface area (Å²) in [6, 6.07) is 0. The molecule has 1 atom stereocenters. The molecule has 0 aliphatic rings. The van der Waals surface area contributed by atoms with Crippen LogP contribution in [0.1, 0.15) is 33.6 Å². The zero-order chi connectivity index (χ0) is 8.85. The van der Waals surface area contributed by atoms with E-state index in [0.29, 0.717) is 5.92 Å². The molecule has 11 heavy (non-hydrogen) atoms. The minimum Gasteiger partial charge on any atom is -0.543 e. The van der Waals surface area contributed by atoms with E-state index in [9.17, 15) is 4.79 Å². The van der Waals surface area contributed by atoms with Crippen LogP contribution in [-0.2, 0) is 9.45 Å². The van der Waals surface area contributed by atoms with Crippen molar-refractivity contribution in [3.8, 4) is 0 Å². The molecule has 0 radical (unpaired) electrons. The quantitative estimate of drug-likeness (QED) is 0.570. The smallest absolute Gasteiger partial charge is 0.325 e. The first-order chi connectivity index (χ1) is 5.13. The lowest BCUT2D eigenvalue weighted by atomic mass is 9.91. The van der Waals surface area contributed by atoms with Gasteiger partial charge < -0.3 is 4.65 Å². The topological polar surface area (TPSA) is 26.3 Å². The van der Waals surface area contributed by atoms with Gasteiger partial charge in [-0.3, -0.25) is 4.79 Å². The van der Waals surface area contributed by atoms with Crippen molar-refractivity contribution in [1.29, 1.82) is 0 Å². The SMILES string of the molecule is BOC(=O)C(CCC)C(C)C. The van der Waals surface area contributed by atoms with E-state index < -0.39 is 0 Å². The Hall–Kier alpha value is -0.465. The molecule has 0 saturated heterocycles. The molecule has 0 heterocycles. The van der Waals surface area contributed by atoms with Crippen molar-refractivity contribution in [2.45, 2.75) is 33.6 Å². The Morgan fingerprint density at radius 3 is 2.36 bits per heavy atom. The molecule has 1 unspecified atom stereocenters. The van der Waals surface area contributed by atoms with Gasteiger partial charge in [0.2, 0.25) is 0 Å². The number of carbonyl (C=O) groups is 1. The summed E-state index contributed by atoms with van der Waals surface area (Å²) in [5.41, 5.74) is 0. The maximum absolute atomic E-state index is 11.1. The maximum atomic E-state index is 11.1. The molecule has 0 saturated carbocycles. The second kappa shape index (κ2) is 5.22. The highest BCUT2D eigenvalue weighted by Gasteiger charge is 2.20. The van der Waals surface area contributed by atoms with Crippen LogP contribution in [0.25, 0.3) is 0 Å². The first kappa shape index (κ1) is 10.5. The number of hydrogen-bond donors (Lipinski definition) is 0. The molecule has 0 aliphatic heterocycles. The first-order valence-electron chi connectivity index (χ1n) is 4.21. The van der Waals surface area contributed by atoms with Crippen LogP contribution in [0.4, 0.5) is 0 Å². The summed E-state index contributed by atoms with van der Waals surface area (Å²) in [5.74, 6) is 0.411. The van der Waals surface area contributed by atoms with Crippen molar-refractivity contribution >= 4 is 14.0 Å². The van der Waals surface area contributed by atoms with Gasteiger partial charge in [-0.15, -0.1) is 0 Å². The monoisotopic (exact) mass is 156 g/mol. The third-order valence-corrected chi connectivity index (χ3v) is 1.91. The van der Waals surface area contributed by atoms with E-state index in [0.717, 1.165) is 12.8 Å². The van der Waals surface area contributed by atoms with Crippen LogP contribution in [0.15, 0.2) is 0 Å². The first-order valence-corrected chi connectivity index (χ1v) is 4.21. The molecule has 0 rings (SSSR count). The highest BCUT2D eigenvalue weighted by Crippen LogP contribution is 2.17. The van der Waals surface area contributed by atoms with Crippen LogP contribution < -0.4 is 0 Å². The highest BCUT2D eigenvalue weighted by atomic mass is 16.5. The normalized spacial score (nSPS) is 13.1. The fraction of sp³-hybridized carbons (Fsp3) is 0.875. The standard InChI is InChI=1S/C8H17BO2/c1-4-5-7(6(2)3)8(10)11-9/h6-7H,4-5,9H2,1-3H3. The molecule has 0 aliphatic carbocycles. The van der Waals surface area contributed by atoms with Crippen LogP contribution in [0.3, 0.4) is 0 Å². The molecule has 0 N–H and O–H groups in total. The summed E-state index contributed by atoms with van der Waals surface area (Å²) < 4.78 is 4.69. The van der Waals surface area contributed by atoms with Gasteiger partial charge in [0.1, 0.15) is 0 Å². The zero-order valence-corrected chi connectivity index (χ0v) is 7.89. The fourth-order valence-electron chi connectivity index (χ4n) is 1.19. The van der Waals surface area contributed by atoms with Crippen molar-refractivity contribution in [3.63, 3.8) is 0 Å². The van der Waals surface area contributed by atoms with Gasteiger partial charge in [-0.1, -0.05) is 27.2 Å². The van der Waals surface area contributed by atoms with Crippen molar-refractivity contribution < 1.29 is 9.45 Å². The lowest BCUT2D eigenvalue weighted by Gasteiger charge is -2.17. The van der Waals surface area contributed by atoms with Gasteiger partial charge >= 0.3 is 8.05 Å². The molecular weight excluding hydrogens is 139 g/mol.